The third kappa shape index (κ3) is 3.77. The second kappa shape index (κ2) is 7.85. The van der Waals surface area contributed by atoms with Gasteiger partial charge in [-0.1, -0.05) is 17.8 Å². The summed E-state index contributed by atoms with van der Waals surface area (Å²) in [5, 5.41) is 3.35. The molecule has 2 aromatic heterocycles. The Hall–Kier alpha value is -3.14. The molecule has 0 unspecified atom stereocenters. The van der Waals surface area contributed by atoms with Crippen molar-refractivity contribution in [3.05, 3.63) is 50.9 Å². The first-order valence-electron chi connectivity index (χ1n) is 8.33. The summed E-state index contributed by atoms with van der Waals surface area (Å²) in [5.41, 5.74) is -0.112. The van der Waals surface area contributed by atoms with Crippen molar-refractivity contribution in [2.45, 2.75) is 11.9 Å². The number of rotatable bonds is 5. The quantitative estimate of drug-likeness (QED) is 0.503. The topological polar surface area (TPSA) is 108 Å². The number of nitrogens with one attached hydrogen (secondary N) is 1. The summed E-state index contributed by atoms with van der Waals surface area (Å²) >= 11 is 1.12. The summed E-state index contributed by atoms with van der Waals surface area (Å²) in [6, 6.07) is 7.01. The zero-order valence-electron chi connectivity index (χ0n) is 15.8. The SMILES string of the molecule is COc1cccc(NC(=O)CSc2nc(C)nc3c2c(=O)n(C)c(=O)n3C)c1. The Kier molecular flexibility index (Phi) is 5.50. The van der Waals surface area contributed by atoms with Gasteiger partial charge in [-0.3, -0.25) is 18.7 Å². The van der Waals surface area contributed by atoms with E-state index in [-0.39, 0.29) is 22.7 Å². The van der Waals surface area contributed by atoms with Crippen LogP contribution in [0.4, 0.5) is 5.69 Å². The highest BCUT2D eigenvalue weighted by Gasteiger charge is 2.17. The Morgan fingerprint density at radius 2 is 1.96 bits per heavy atom. The van der Waals surface area contributed by atoms with Gasteiger partial charge in [0.25, 0.3) is 5.56 Å². The predicted octanol–water partition coefficient (Wildman–Crippen LogP) is 1.08. The number of amides is 1. The number of carbonyl (C=O) groups is 1. The van der Waals surface area contributed by atoms with Crippen LogP contribution in [0.3, 0.4) is 0 Å². The first-order chi connectivity index (χ1) is 13.3. The summed E-state index contributed by atoms with van der Waals surface area (Å²) in [7, 11) is 4.49. The van der Waals surface area contributed by atoms with Crippen molar-refractivity contribution in [2.24, 2.45) is 14.1 Å². The van der Waals surface area contributed by atoms with E-state index < -0.39 is 11.2 Å². The lowest BCUT2D eigenvalue weighted by Crippen LogP contribution is -2.37. The fourth-order valence-corrected chi connectivity index (χ4v) is 3.53. The van der Waals surface area contributed by atoms with Gasteiger partial charge in [-0.05, 0) is 19.1 Å². The molecule has 0 saturated carbocycles. The monoisotopic (exact) mass is 401 g/mol. The van der Waals surface area contributed by atoms with Crippen LogP contribution < -0.4 is 21.3 Å². The number of ether oxygens (including phenoxy) is 1. The molecule has 10 heteroatoms. The van der Waals surface area contributed by atoms with Gasteiger partial charge in [0, 0.05) is 25.8 Å². The lowest BCUT2D eigenvalue weighted by Gasteiger charge is -2.11. The van der Waals surface area contributed by atoms with Crippen molar-refractivity contribution in [3.63, 3.8) is 0 Å². The van der Waals surface area contributed by atoms with Crippen LogP contribution in [0, 0.1) is 6.92 Å². The van der Waals surface area contributed by atoms with E-state index in [0.29, 0.717) is 22.3 Å². The third-order valence-corrected chi connectivity index (χ3v) is 5.05. The molecule has 0 aliphatic heterocycles. The van der Waals surface area contributed by atoms with Crippen LogP contribution in [-0.2, 0) is 18.9 Å². The number of aryl methyl sites for hydroxylation is 2. The summed E-state index contributed by atoms with van der Waals surface area (Å²) in [6.07, 6.45) is 0. The number of aromatic nitrogens is 4. The second-order valence-electron chi connectivity index (χ2n) is 6.05. The summed E-state index contributed by atoms with van der Waals surface area (Å²) in [5.74, 6) is 0.817. The van der Waals surface area contributed by atoms with E-state index in [9.17, 15) is 14.4 Å². The van der Waals surface area contributed by atoms with E-state index >= 15 is 0 Å². The van der Waals surface area contributed by atoms with E-state index in [2.05, 4.69) is 15.3 Å². The van der Waals surface area contributed by atoms with E-state index in [1.165, 1.54) is 11.6 Å². The first-order valence-corrected chi connectivity index (χ1v) is 9.31. The minimum absolute atomic E-state index is 0.0365. The van der Waals surface area contributed by atoms with E-state index in [4.69, 9.17) is 4.74 Å². The minimum Gasteiger partial charge on any atom is -0.497 e. The standard InChI is InChI=1S/C18H19N5O4S/c1-10-19-15-14(17(25)23(3)18(26)22(15)2)16(20-10)28-9-13(24)21-11-6-5-7-12(8-11)27-4/h5-8H,9H2,1-4H3,(H,21,24). The highest BCUT2D eigenvalue weighted by Crippen LogP contribution is 2.23. The van der Waals surface area contributed by atoms with Crippen molar-refractivity contribution in [2.75, 3.05) is 18.2 Å². The predicted molar refractivity (Wildman–Crippen MR) is 107 cm³/mol. The molecule has 0 bridgehead atoms. The highest BCUT2D eigenvalue weighted by molar-refractivity contribution is 8.00. The van der Waals surface area contributed by atoms with Crippen molar-refractivity contribution in [3.8, 4) is 5.75 Å². The lowest BCUT2D eigenvalue weighted by molar-refractivity contribution is -0.113. The molecule has 1 amide bonds. The smallest absolute Gasteiger partial charge is 0.332 e. The fraction of sp³-hybridized carbons (Fsp3) is 0.278. The van der Waals surface area contributed by atoms with Crippen LogP contribution in [0.25, 0.3) is 11.0 Å². The summed E-state index contributed by atoms with van der Waals surface area (Å²) in [4.78, 5) is 45.6. The van der Waals surface area contributed by atoms with Crippen molar-refractivity contribution >= 4 is 34.4 Å². The van der Waals surface area contributed by atoms with Gasteiger partial charge in [0.1, 0.15) is 22.0 Å². The number of methoxy groups -OCH3 is 1. The van der Waals surface area contributed by atoms with Crippen molar-refractivity contribution in [1.29, 1.82) is 0 Å². The Morgan fingerprint density at radius 3 is 2.68 bits per heavy atom. The average molecular weight is 401 g/mol. The van der Waals surface area contributed by atoms with Crippen LogP contribution in [-0.4, -0.2) is 37.9 Å². The number of fused-ring (bicyclic) bond motifs is 1. The van der Waals surface area contributed by atoms with Crippen LogP contribution >= 0.6 is 11.8 Å². The molecule has 3 rings (SSSR count). The van der Waals surface area contributed by atoms with Gasteiger partial charge in [-0.15, -0.1) is 0 Å². The number of anilines is 1. The van der Waals surface area contributed by atoms with Gasteiger partial charge in [0.15, 0.2) is 5.65 Å². The summed E-state index contributed by atoms with van der Waals surface area (Å²) < 4.78 is 7.43. The van der Waals surface area contributed by atoms with Crippen LogP contribution in [0.2, 0.25) is 0 Å². The molecule has 0 fully saturated rings. The molecule has 2 heterocycles. The molecule has 0 aliphatic rings. The fourth-order valence-electron chi connectivity index (χ4n) is 2.67. The molecule has 28 heavy (non-hydrogen) atoms. The Bertz CT molecular complexity index is 1190. The van der Waals surface area contributed by atoms with Crippen molar-refractivity contribution in [1.82, 2.24) is 19.1 Å². The van der Waals surface area contributed by atoms with Gasteiger partial charge in [0.05, 0.1) is 12.9 Å². The number of hydrogen-bond acceptors (Lipinski definition) is 7. The first kappa shape index (κ1) is 19.6. The van der Waals surface area contributed by atoms with Gasteiger partial charge >= 0.3 is 5.69 Å². The zero-order chi connectivity index (χ0) is 20.4. The van der Waals surface area contributed by atoms with E-state index in [1.54, 1.807) is 45.3 Å². The maximum Gasteiger partial charge on any atom is 0.332 e. The number of hydrogen-bond donors (Lipinski definition) is 1. The number of carbonyl (C=O) groups excluding carboxylic acids is 1. The molecular weight excluding hydrogens is 382 g/mol. The number of benzene rings is 1. The van der Waals surface area contributed by atoms with Crippen LogP contribution in [0.15, 0.2) is 38.9 Å². The molecule has 0 aliphatic carbocycles. The molecule has 1 N–H and O–H groups in total. The lowest BCUT2D eigenvalue weighted by atomic mass is 10.3. The highest BCUT2D eigenvalue weighted by atomic mass is 32.2. The maximum absolute atomic E-state index is 12.6. The second-order valence-corrected chi connectivity index (χ2v) is 7.01. The Morgan fingerprint density at radius 1 is 1.21 bits per heavy atom. The molecule has 3 aromatic rings. The number of nitrogens with zero attached hydrogens (tertiary/aromatic N) is 4. The van der Waals surface area contributed by atoms with Gasteiger partial charge in [-0.25, -0.2) is 14.8 Å². The molecule has 0 atom stereocenters. The average Bonchev–Trinajstić information content (AvgIpc) is 2.68. The van der Waals surface area contributed by atoms with Gasteiger partial charge in [0.2, 0.25) is 5.91 Å². The Labute approximate surface area is 164 Å². The molecule has 146 valence electrons. The molecular formula is C18H19N5O4S. The van der Waals surface area contributed by atoms with Gasteiger partial charge < -0.3 is 10.1 Å². The van der Waals surface area contributed by atoms with E-state index in [1.807, 2.05) is 0 Å². The Balaban J connectivity index is 1.89. The normalized spacial score (nSPS) is 10.9. The zero-order valence-corrected chi connectivity index (χ0v) is 16.7. The molecule has 9 nitrogen and oxygen atoms in total. The molecule has 0 radical (unpaired) electrons. The largest absolute Gasteiger partial charge is 0.497 e. The number of thioether (sulfide) groups is 1. The van der Waals surface area contributed by atoms with Crippen LogP contribution in [0.1, 0.15) is 5.82 Å². The van der Waals surface area contributed by atoms with Crippen LogP contribution in [0.5, 0.6) is 5.75 Å². The van der Waals surface area contributed by atoms with Crippen molar-refractivity contribution < 1.29 is 9.53 Å². The summed E-state index contributed by atoms with van der Waals surface area (Å²) in [6.45, 7) is 1.67. The third-order valence-electron chi connectivity index (χ3n) is 4.07. The van der Waals surface area contributed by atoms with E-state index in [0.717, 1.165) is 16.3 Å². The molecule has 1 aromatic carbocycles. The van der Waals surface area contributed by atoms with Gasteiger partial charge in [-0.2, -0.15) is 0 Å². The minimum atomic E-state index is -0.492. The molecule has 0 spiro atoms. The molecule has 0 saturated heterocycles. The maximum atomic E-state index is 12.6.